The Morgan fingerprint density at radius 3 is 2.58 bits per heavy atom. The Hall–Kier alpha value is -1.40. The second-order valence-electron chi connectivity index (χ2n) is 5.37. The molecule has 0 fully saturated rings. The number of ether oxygens (including phenoxy) is 1. The van der Waals surface area contributed by atoms with Gasteiger partial charge in [0.25, 0.3) is 0 Å². The smallest absolute Gasteiger partial charge is 0.191 e. The molecular formula is C18H31N3O2S. The summed E-state index contributed by atoms with van der Waals surface area (Å²) in [5.41, 5.74) is 0. The maximum Gasteiger partial charge on any atom is 0.191 e. The molecule has 24 heavy (non-hydrogen) atoms. The average Bonchev–Trinajstić information content (AvgIpc) is 2.61. The van der Waals surface area contributed by atoms with Gasteiger partial charge >= 0.3 is 0 Å². The first kappa shape index (κ1) is 20.6. The zero-order valence-electron chi connectivity index (χ0n) is 14.9. The Labute approximate surface area is 148 Å². The molecule has 0 aliphatic carbocycles. The van der Waals surface area contributed by atoms with Gasteiger partial charge in [-0.15, -0.1) is 0 Å². The molecule has 0 saturated carbocycles. The SMILES string of the molecule is CCCCOCCCN=C(NCC)NCCS(=O)c1ccccc1. The van der Waals surface area contributed by atoms with E-state index < -0.39 is 10.8 Å². The first-order chi connectivity index (χ1) is 11.8. The molecule has 1 aromatic carbocycles. The van der Waals surface area contributed by atoms with Crippen molar-refractivity contribution in [2.75, 3.05) is 38.6 Å². The van der Waals surface area contributed by atoms with E-state index in [-0.39, 0.29) is 0 Å². The minimum Gasteiger partial charge on any atom is -0.381 e. The van der Waals surface area contributed by atoms with E-state index in [0.29, 0.717) is 12.3 Å². The molecule has 0 aliphatic rings. The fourth-order valence-electron chi connectivity index (χ4n) is 2.00. The number of rotatable bonds is 12. The van der Waals surface area contributed by atoms with Crippen molar-refractivity contribution in [3.8, 4) is 0 Å². The van der Waals surface area contributed by atoms with Crippen LogP contribution >= 0.6 is 0 Å². The molecule has 0 amide bonds. The predicted octanol–water partition coefficient (Wildman–Crippen LogP) is 2.56. The van der Waals surface area contributed by atoms with Gasteiger partial charge in [0.15, 0.2) is 5.96 Å². The van der Waals surface area contributed by atoms with E-state index in [0.717, 1.165) is 56.4 Å². The van der Waals surface area contributed by atoms with Gasteiger partial charge in [-0.05, 0) is 31.9 Å². The Morgan fingerprint density at radius 1 is 1.12 bits per heavy atom. The van der Waals surface area contributed by atoms with Gasteiger partial charge in [-0.3, -0.25) is 9.20 Å². The Kier molecular flexibility index (Phi) is 12.0. The highest BCUT2D eigenvalue weighted by Gasteiger charge is 2.03. The standard InChI is InChI=1S/C18H31N3O2S/c1-3-5-14-23-15-9-12-20-18(19-4-2)21-13-16-24(22)17-10-7-6-8-11-17/h6-8,10-11H,3-5,9,12-16H2,1-2H3,(H2,19,20,21). The zero-order valence-corrected chi connectivity index (χ0v) is 15.7. The van der Waals surface area contributed by atoms with E-state index in [1.165, 1.54) is 0 Å². The summed E-state index contributed by atoms with van der Waals surface area (Å²) in [6.07, 6.45) is 3.19. The van der Waals surface area contributed by atoms with Crippen LogP contribution in [0.5, 0.6) is 0 Å². The van der Waals surface area contributed by atoms with Gasteiger partial charge < -0.3 is 15.4 Å². The first-order valence-electron chi connectivity index (χ1n) is 8.81. The lowest BCUT2D eigenvalue weighted by atomic mass is 10.4. The minimum atomic E-state index is -0.981. The van der Waals surface area contributed by atoms with Crippen LogP contribution < -0.4 is 10.6 Å². The number of aliphatic imine (C=N–C) groups is 1. The summed E-state index contributed by atoms with van der Waals surface area (Å²) >= 11 is 0. The average molecular weight is 354 g/mol. The number of nitrogens with one attached hydrogen (secondary N) is 2. The minimum absolute atomic E-state index is 0.564. The van der Waals surface area contributed by atoms with Gasteiger partial charge in [0, 0.05) is 43.5 Å². The monoisotopic (exact) mass is 353 g/mol. The van der Waals surface area contributed by atoms with Crippen LogP contribution in [0.15, 0.2) is 40.2 Å². The molecule has 0 spiro atoms. The second-order valence-corrected chi connectivity index (χ2v) is 6.94. The Morgan fingerprint density at radius 2 is 1.88 bits per heavy atom. The molecule has 6 heteroatoms. The normalized spacial score (nSPS) is 12.8. The number of nitrogens with zero attached hydrogens (tertiary/aromatic N) is 1. The van der Waals surface area contributed by atoms with Gasteiger partial charge in [0.1, 0.15) is 0 Å². The fraction of sp³-hybridized carbons (Fsp3) is 0.611. The van der Waals surface area contributed by atoms with Gasteiger partial charge in [-0.2, -0.15) is 0 Å². The maximum absolute atomic E-state index is 12.2. The Balaban J connectivity index is 2.24. The molecule has 136 valence electrons. The lowest BCUT2D eigenvalue weighted by Crippen LogP contribution is -2.39. The third-order valence-corrected chi connectivity index (χ3v) is 4.66. The number of benzene rings is 1. The van der Waals surface area contributed by atoms with Crippen molar-refractivity contribution in [3.63, 3.8) is 0 Å². The van der Waals surface area contributed by atoms with E-state index in [1.807, 2.05) is 37.3 Å². The van der Waals surface area contributed by atoms with Crippen LogP contribution in [-0.4, -0.2) is 48.8 Å². The quantitative estimate of drug-likeness (QED) is 0.344. The topological polar surface area (TPSA) is 62.7 Å². The summed E-state index contributed by atoms with van der Waals surface area (Å²) < 4.78 is 17.7. The molecule has 1 aromatic rings. The first-order valence-corrected chi connectivity index (χ1v) is 10.1. The third-order valence-electron chi connectivity index (χ3n) is 3.29. The summed E-state index contributed by atoms with van der Waals surface area (Å²) in [6, 6.07) is 9.55. The second kappa shape index (κ2) is 14.0. The van der Waals surface area contributed by atoms with Crippen LogP contribution in [0.1, 0.15) is 33.1 Å². The highest BCUT2D eigenvalue weighted by atomic mass is 32.2. The predicted molar refractivity (Wildman–Crippen MR) is 102 cm³/mol. The fourth-order valence-corrected chi connectivity index (χ4v) is 2.98. The van der Waals surface area contributed by atoms with Crippen molar-refractivity contribution in [2.24, 2.45) is 4.99 Å². The molecule has 0 heterocycles. The number of hydrogen-bond acceptors (Lipinski definition) is 3. The van der Waals surface area contributed by atoms with E-state index in [4.69, 9.17) is 4.74 Å². The molecule has 0 saturated heterocycles. The van der Waals surface area contributed by atoms with Crippen molar-refractivity contribution in [3.05, 3.63) is 30.3 Å². The number of hydrogen-bond donors (Lipinski definition) is 2. The summed E-state index contributed by atoms with van der Waals surface area (Å²) in [5.74, 6) is 1.34. The molecule has 0 aromatic heterocycles. The van der Waals surface area contributed by atoms with Crippen LogP contribution in [-0.2, 0) is 15.5 Å². The molecule has 5 nitrogen and oxygen atoms in total. The van der Waals surface area contributed by atoms with E-state index >= 15 is 0 Å². The van der Waals surface area contributed by atoms with Crippen molar-refractivity contribution in [1.29, 1.82) is 0 Å². The Bertz CT molecular complexity index is 480. The van der Waals surface area contributed by atoms with Crippen LogP contribution in [0.3, 0.4) is 0 Å². The van der Waals surface area contributed by atoms with Gasteiger partial charge in [-0.1, -0.05) is 31.5 Å². The van der Waals surface area contributed by atoms with Crippen molar-refractivity contribution in [1.82, 2.24) is 10.6 Å². The van der Waals surface area contributed by atoms with E-state index in [1.54, 1.807) is 0 Å². The zero-order chi connectivity index (χ0) is 17.5. The summed E-state index contributed by atoms with van der Waals surface area (Å²) in [4.78, 5) is 5.38. The maximum atomic E-state index is 12.2. The lowest BCUT2D eigenvalue weighted by Gasteiger charge is -2.11. The van der Waals surface area contributed by atoms with Crippen molar-refractivity contribution in [2.45, 2.75) is 38.0 Å². The number of guanidine groups is 1. The van der Waals surface area contributed by atoms with Crippen LogP contribution in [0.4, 0.5) is 0 Å². The third kappa shape index (κ3) is 9.67. The molecule has 2 N–H and O–H groups in total. The summed E-state index contributed by atoms with van der Waals surface area (Å²) in [6.45, 7) is 7.94. The molecule has 0 aliphatic heterocycles. The van der Waals surface area contributed by atoms with Crippen LogP contribution in [0, 0.1) is 0 Å². The van der Waals surface area contributed by atoms with E-state index in [9.17, 15) is 4.21 Å². The van der Waals surface area contributed by atoms with Crippen LogP contribution in [0.2, 0.25) is 0 Å². The molecule has 1 atom stereocenters. The van der Waals surface area contributed by atoms with Crippen molar-refractivity contribution < 1.29 is 8.95 Å². The van der Waals surface area contributed by atoms with Gasteiger partial charge in [0.05, 0.1) is 10.8 Å². The van der Waals surface area contributed by atoms with Gasteiger partial charge in [-0.25, -0.2) is 0 Å². The lowest BCUT2D eigenvalue weighted by molar-refractivity contribution is 0.130. The van der Waals surface area contributed by atoms with Gasteiger partial charge in [0.2, 0.25) is 0 Å². The van der Waals surface area contributed by atoms with Crippen molar-refractivity contribution >= 4 is 16.8 Å². The number of unbranched alkanes of at least 4 members (excludes halogenated alkanes) is 1. The molecule has 1 rings (SSSR count). The molecule has 0 radical (unpaired) electrons. The largest absolute Gasteiger partial charge is 0.381 e. The van der Waals surface area contributed by atoms with Crippen LogP contribution in [0.25, 0.3) is 0 Å². The summed E-state index contributed by atoms with van der Waals surface area (Å²) in [7, 11) is -0.981. The highest BCUT2D eigenvalue weighted by molar-refractivity contribution is 7.85. The summed E-state index contributed by atoms with van der Waals surface area (Å²) in [5, 5.41) is 6.44. The highest BCUT2D eigenvalue weighted by Crippen LogP contribution is 2.04. The molecule has 1 unspecified atom stereocenters. The molecular weight excluding hydrogens is 322 g/mol. The molecule has 0 bridgehead atoms. The van der Waals surface area contributed by atoms with E-state index in [2.05, 4.69) is 22.5 Å².